The number of furan rings is 1. The zero-order valence-electron chi connectivity index (χ0n) is 14.4. The van der Waals surface area contributed by atoms with Crippen molar-refractivity contribution < 1.29 is 19.1 Å². The van der Waals surface area contributed by atoms with Gasteiger partial charge in [-0.2, -0.15) is 0 Å². The fourth-order valence-electron chi connectivity index (χ4n) is 3.35. The molecule has 1 aromatic heterocycles. The highest BCUT2D eigenvalue weighted by Gasteiger charge is 2.46. The zero-order valence-corrected chi connectivity index (χ0v) is 14.4. The number of aliphatic hydroxyl groups is 1. The van der Waals surface area contributed by atoms with E-state index < -0.39 is 17.7 Å². The van der Waals surface area contributed by atoms with Gasteiger partial charge in [0.05, 0.1) is 24.4 Å². The Morgan fingerprint density at radius 2 is 1.59 bits per heavy atom. The molecular formula is C22H17NO4. The lowest BCUT2D eigenvalue weighted by molar-refractivity contribution is -0.140. The van der Waals surface area contributed by atoms with Gasteiger partial charge in [0, 0.05) is 5.56 Å². The van der Waals surface area contributed by atoms with Gasteiger partial charge in [-0.05, 0) is 17.7 Å². The van der Waals surface area contributed by atoms with Crippen LogP contribution in [0.25, 0.3) is 5.76 Å². The van der Waals surface area contributed by atoms with Crippen LogP contribution in [0.1, 0.15) is 22.9 Å². The van der Waals surface area contributed by atoms with E-state index in [0.29, 0.717) is 11.3 Å². The first-order chi connectivity index (χ1) is 13.2. The number of carbonyl (C=O) groups excluding carboxylic acids is 2. The number of nitrogens with zero attached hydrogens (tertiary/aromatic N) is 1. The summed E-state index contributed by atoms with van der Waals surface area (Å²) in [7, 11) is 0. The number of benzene rings is 2. The topological polar surface area (TPSA) is 70.8 Å². The summed E-state index contributed by atoms with van der Waals surface area (Å²) in [5, 5.41) is 10.8. The van der Waals surface area contributed by atoms with Gasteiger partial charge in [-0.3, -0.25) is 9.59 Å². The minimum Gasteiger partial charge on any atom is -0.507 e. The lowest BCUT2D eigenvalue weighted by atomic mass is 9.95. The van der Waals surface area contributed by atoms with Crippen LogP contribution in [0, 0.1) is 0 Å². The number of ketones is 1. The van der Waals surface area contributed by atoms with Crippen molar-refractivity contribution in [2.45, 2.75) is 12.6 Å². The van der Waals surface area contributed by atoms with Crippen molar-refractivity contribution in [3.8, 4) is 0 Å². The summed E-state index contributed by atoms with van der Waals surface area (Å²) >= 11 is 0. The van der Waals surface area contributed by atoms with Crippen molar-refractivity contribution in [2.75, 3.05) is 0 Å². The molecule has 5 nitrogen and oxygen atoms in total. The highest BCUT2D eigenvalue weighted by Crippen LogP contribution is 2.40. The standard InChI is InChI=1S/C22H17NO4/c24-20(16-10-5-2-6-11-16)18-19(15-8-3-1-4-9-15)23(22(26)21(18)25)14-17-12-7-13-27-17/h1-13,19,24H,14H2/b20-18-. The van der Waals surface area contributed by atoms with Gasteiger partial charge in [-0.1, -0.05) is 60.7 Å². The van der Waals surface area contributed by atoms with Crippen LogP contribution in [0.2, 0.25) is 0 Å². The average molecular weight is 359 g/mol. The molecule has 1 amide bonds. The van der Waals surface area contributed by atoms with Crippen molar-refractivity contribution in [3.05, 3.63) is 102 Å². The molecule has 0 saturated carbocycles. The number of hydrogen-bond donors (Lipinski definition) is 1. The molecule has 1 aliphatic heterocycles. The summed E-state index contributed by atoms with van der Waals surface area (Å²) in [5.74, 6) is -0.961. The van der Waals surface area contributed by atoms with Gasteiger partial charge in [0.1, 0.15) is 11.5 Å². The van der Waals surface area contributed by atoms with E-state index in [2.05, 4.69) is 0 Å². The van der Waals surface area contributed by atoms with Crippen LogP contribution < -0.4 is 0 Å². The number of amides is 1. The lowest BCUT2D eigenvalue weighted by Gasteiger charge is -2.24. The van der Waals surface area contributed by atoms with Gasteiger partial charge in [-0.15, -0.1) is 0 Å². The molecule has 1 atom stereocenters. The van der Waals surface area contributed by atoms with Gasteiger partial charge < -0.3 is 14.4 Å². The lowest BCUT2D eigenvalue weighted by Crippen LogP contribution is -2.29. The summed E-state index contributed by atoms with van der Waals surface area (Å²) in [6.45, 7) is 0.142. The first kappa shape index (κ1) is 16.8. The highest BCUT2D eigenvalue weighted by atomic mass is 16.3. The fourth-order valence-corrected chi connectivity index (χ4v) is 3.35. The maximum Gasteiger partial charge on any atom is 0.296 e. The predicted octanol–water partition coefficient (Wildman–Crippen LogP) is 3.90. The van der Waals surface area contributed by atoms with E-state index in [9.17, 15) is 14.7 Å². The summed E-state index contributed by atoms with van der Waals surface area (Å²) in [6, 6.07) is 20.8. The Labute approximate surface area is 156 Å². The van der Waals surface area contributed by atoms with Crippen molar-refractivity contribution in [1.82, 2.24) is 4.90 Å². The number of likely N-dealkylation sites (tertiary alicyclic amines) is 1. The molecule has 1 aliphatic rings. The molecule has 0 spiro atoms. The second-order valence-electron chi connectivity index (χ2n) is 6.28. The van der Waals surface area contributed by atoms with Crippen molar-refractivity contribution >= 4 is 17.4 Å². The first-order valence-electron chi connectivity index (χ1n) is 8.58. The Hall–Kier alpha value is -3.60. The van der Waals surface area contributed by atoms with Crippen LogP contribution in [0.5, 0.6) is 0 Å². The average Bonchev–Trinajstić information content (AvgIpc) is 3.31. The second-order valence-corrected chi connectivity index (χ2v) is 6.28. The third kappa shape index (κ3) is 3.04. The molecule has 134 valence electrons. The molecule has 0 aliphatic carbocycles. The van der Waals surface area contributed by atoms with Crippen LogP contribution in [0.3, 0.4) is 0 Å². The van der Waals surface area contributed by atoms with Gasteiger partial charge in [0.15, 0.2) is 0 Å². The number of Topliss-reactive ketones (excluding diaryl/α,β-unsaturated/α-hetero) is 1. The van der Waals surface area contributed by atoms with Crippen molar-refractivity contribution in [1.29, 1.82) is 0 Å². The number of aliphatic hydroxyl groups excluding tert-OH is 1. The van der Waals surface area contributed by atoms with Gasteiger partial charge in [-0.25, -0.2) is 0 Å². The first-order valence-corrected chi connectivity index (χ1v) is 8.58. The summed E-state index contributed by atoms with van der Waals surface area (Å²) in [4.78, 5) is 27.0. The van der Waals surface area contributed by atoms with E-state index in [1.165, 1.54) is 11.2 Å². The molecule has 3 aromatic rings. The van der Waals surface area contributed by atoms with Gasteiger partial charge in [0.2, 0.25) is 0 Å². The number of carbonyl (C=O) groups is 2. The van der Waals surface area contributed by atoms with Crippen molar-refractivity contribution in [2.24, 2.45) is 0 Å². The smallest absolute Gasteiger partial charge is 0.296 e. The quantitative estimate of drug-likeness (QED) is 0.436. The number of hydrogen-bond acceptors (Lipinski definition) is 4. The molecule has 4 rings (SSSR count). The Bertz CT molecular complexity index is 991. The largest absolute Gasteiger partial charge is 0.507 e. The van der Waals surface area contributed by atoms with E-state index in [1.807, 2.05) is 36.4 Å². The normalized spacial score (nSPS) is 18.8. The Balaban J connectivity index is 1.86. The minimum absolute atomic E-state index is 0.0870. The SMILES string of the molecule is O=C1C(=O)N(Cc2ccco2)C(c2ccccc2)/C1=C(/O)c1ccccc1. The van der Waals surface area contributed by atoms with Crippen LogP contribution in [-0.4, -0.2) is 21.7 Å². The van der Waals surface area contributed by atoms with E-state index in [4.69, 9.17) is 4.42 Å². The van der Waals surface area contributed by atoms with Crippen molar-refractivity contribution in [3.63, 3.8) is 0 Å². The summed E-state index contributed by atoms with van der Waals surface area (Å²) in [6.07, 6.45) is 1.52. The predicted molar refractivity (Wildman–Crippen MR) is 99.4 cm³/mol. The van der Waals surface area contributed by atoms with E-state index in [-0.39, 0.29) is 17.9 Å². The Morgan fingerprint density at radius 3 is 2.22 bits per heavy atom. The highest BCUT2D eigenvalue weighted by molar-refractivity contribution is 6.46. The van der Waals surface area contributed by atoms with Crippen LogP contribution in [0.15, 0.2) is 89.0 Å². The third-order valence-corrected chi connectivity index (χ3v) is 4.61. The molecule has 1 unspecified atom stereocenters. The van der Waals surface area contributed by atoms with Gasteiger partial charge >= 0.3 is 0 Å². The molecule has 27 heavy (non-hydrogen) atoms. The molecule has 1 N–H and O–H groups in total. The Morgan fingerprint density at radius 1 is 0.926 bits per heavy atom. The van der Waals surface area contributed by atoms with Crippen LogP contribution >= 0.6 is 0 Å². The maximum atomic E-state index is 12.8. The van der Waals surface area contributed by atoms with E-state index >= 15 is 0 Å². The monoisotopic (exact) mass is 359 g/mol. The molecule has 1 fully saturated rings. The number of rotatable bonds is 4. The van der Waals surface area contributed by atoms with Crippen LogP contribution in [0.4, 0.5) is 0 Å². The summed E-state index contributed by atoms with van der Waals surface area (Å²) in [5.41, 5.74) is 1.33. The second kappa shape index (κ2) is 6.96. The molecule has 1 saturated heterocycles. The Kier molecular flexibility index (Phi) is 4.34. The third-order valence-electron chi connectivity index (χ3n) is 4.61. The summed E-state index contributed by atoms with van der Waals surface area (Å²) < 4.78 is 5.36. The van der Waals surface area contributed by atoms with E-state index in [1.54, 1.807) is 36.4 Å². The molecular weight excluding hydrogens is 342 g/mol. The fraction of sp³-hybridized carbons (Fsp3) is 0.0909. The van der Waals surface area contributed by atoms with Crippen LogP contribution in [-0.2, 0) is 16.1 Å². The minimum atomic E-state index is -0.697. The molecule has 0 radical (unpaired) electrons. The molecule has 0 bridgehead atoms. The molecule has 2 aromatic carbocycles. The molecule has 2 heterocycles. The van der Waals surface area contributed by atoms with Gasteiger partial charge in [0.25, 0.3) is 11.7 Å². The zero-order chi connectivity index (χ0) is 18.8. The molecule has 5 heteroatoms. The maximum absolute atomic E-state index is 12.8. The van der Waals surface area contributed by atoms with E-state index in [0.717, 1.165) is 5.56 Å².